The number of halogens is 1. The second-order valence-corrected chi connectivity index (χ2v) is 7.62. The molecule has 0 aliphatic carbocycles. The Morgan fingerprint density at radius 3 is 2.73 bits per heavy atom. The van der Waals surface area contributed by atoms with Gasteiger partial charge in [-0.15, -0.1) is 11.3 Å². The Labute approximate surface area is 162 Å². The van der Waals surface area contributed by atoms with E-state index in [1.165, 1.54) is 22.5 Å². The SMILES string of the molecule is Cc1cc(C)c(C)c(OCc2csc(C(=O)Nc3cccc(Cl)c3)c2)c1. The number of hydrogen-bond donors (Lipinski definition) is 1. The molecule has 0 saturated heterocycles. The van der Waals surface area contributed by atoms with E-state index in [1.807, 2.05) is 23.6 Å². The number of anilines is 1. The molecule has 1 heterocycles. The van der Waals surface area contributed by atoms with Crippen molar-refractivity contribution in [3.63, 3.8) is 0 Å². The van der Waals surface area contributed by atoms with E-state index in [0.29, 0.717) is 22.2 Å². The number of benzene rings is 2. The van der Waals surface area contributed by atoms with Crippen LogP contribution in [-0.4, -0.2) is 5.91 Å². The van der Waals surface area contributed by atoms with Gasteiger partial charge in [-0.2, -0.15) is 0 Å². The number of rotatable bonds is 5. The molecule has 5 heteroatoms. The minimum atomic E-state index is -0.147. The normalized spacial score (nSPS) is 10.6. The molecule has 1 aromatic heterocycles. The second-order valence-electron chi connectivity index (χ2n) is 6.28. The maximum Gasteiger partial charge on any atom is 0.265 e. The lowest BCUT2D eigenvalue weighted by Crippen LogP contribution is -2.10. The zero-order valence-corrected chi connectivity index (χ0v) is 16.5. The molecule has 0 unspecified atom stereocenters. The molecule has 0 aliphatic rings. The third-order valence-electron chi connectivity index (χ3n) is 4.12. The average molecular weight is 386 g/mol. The van der Waals surface area contributed by atoms with E-state index >= 15 is 0 Å². The maximum absolute atomic E-state index is 12.4. The Bertz CT molecular complexity index is 949. The van der Waals surface area contributed by atoms with Gasteiger partial charge < -0.3 is 10.1 Å². The van der Waals surface area contributed by atoms with Crippen molar-refractivity contribution in [1.82, 2.24) is 0 Å². The van der Waals surface area contributed by atoms with E-state index in [2.05, 4.69) is 32.2 Å². The van der Waals surface area contributed by atoms with Crippen molar-refractivity contribution in [2.24, 2.45) is 0 Å². The number of aryl methyl sites for hydroxylation is 2. The summed E-state index contributed by atoms with van der Waals surface area (Å²) in [6.45, 7) is 6.63. The lowest BCUT2D eigenvalue weighted by molar-refractivity contribution is 0.103. The van der Waals surface area contributed by atoms with Crippen molar-refractivity contribution in [2.75, 3.05) is 5.32 Å². The van der Waals surface area contributed by atoms with Crippen molar-refractivity contribution < 1.29 is 9.53 Å². The molecule has 134 valence electrons. The van der Waals surface area contributed by atoms with Gasteiger partial charge in [0.2, 0.25) is 0 Å². The van der Waals surface area contributed by atoms with Gasteiger partial charge in [0, 0.05) is 16.3 Å². The van der Waals surface area contributed by atoms with Crippen LogP contribution in [0.4, 0.5) is 5.69 Å². The Kier molecular flexibility index (Phi) is 5.64. The molecule has 0 saturated carbocycles. The van der Waals surface area contributed by atoms with Crippen molar-refractivity contribution in [3.8, 4) is 5.75 Å². The molecule has 0 fully saturated rings. The van der Waals surface area contributed by atoms with Gasteiger partial charge in [0.05, 0.1) is 4.88 Å². The third-order valence-corrected chi connectivity index (χ3v) is 5.33. The molecule has 0 aliphatic heterocycles. The second kappa shape index (κ2) is 7.94. The van der Waals surface area contributed by atoms with Crippen LogP contribution in [0, 0.1) is 20.8 Å². The van der Waals surface area contributed by atoms with Crippen molar-refractivity contribution >= 4 is 34.5 Å². The lowest BCUT2D eigenvalue weighted by atomic mass is 10.1. The van der Waals surface area contributed by atoms with Crippen LogP contribution >= 0.6 is 22.9 Å². The standard InChI is InChI=1S/C21H20ClNO2S/c1-13-7-14(2)15(3)19(8-13)25-11-16-9-20(26-12-16)21(24)23-18-6-4-5-17(22)10-18/h4-10,12H,11H2,1-3H3,(H,23,24). The van der Waals surface area contributed by atoms with Gasteiger partial charge in [-0.3, -0.25) is 4.79 Å². The van der Waals surface area contributed by atoms with E-state index in [-0.39, 0.29) is 5.91 Å². The number of carbonyl (C=O) groups excluding carboxylic acids is 1. The van der Waals surface area contributed by atoms with Gasteiger partial charge >= 0.3 is 0 Å². The molecule has 26 heavy (non-hydrogen) atoms. The first-order chi connectivity index (χ1) is 12.4. The highest BCUT2D eigenvalue weighted by molar-refractivity contribution is 7.12. The summed E-state index contributed by atoms with van der Waals surface area (Å²) >= 11 is 7.35. The fourth-order valence-electron chi connectivity index (χ4n) is 2.64. The highest BCUT2D eigenvalue weighted by Crippen LogP contribution is 2.25. The third kappa shape index (κ3) is 4.45. The topological polar surface area (TPSA) is 38.3 Å². The molecule has 2 aromatic carbocycles. The van der Waals surface area contributed by atoms with Crippen LogP contribution in [0.15, 0.2) is 47.8 Å². The summed E-state index contributed by atoms with van der Waals surface area (Å²) in [6.07, 6.45) is 0. The van der Waals surface area contributed by atoms with Crippen LogP contribution in [0.2, 0.25) is 5.02 Å². The van der Waals surface area contributed by atoms with Gasteiger partial charge in [-0.1, -0.05) is 23.7 Å². The predicted octanol–water partition coefficient (Wildman–Crippen LogP) is 6.16. The monoisotopic (exact) mass is 385 g/mol. The van der Waals surface area contributed by atoms with E-state index in [9.17, 15) is 4.79 Å². The fraction of sp³-hybridized carbons (Fsp3) is 0.190. The molecular formula is C21H20ClNO2S. The largest absolute Gasteiger partial charge is 0.489 e. The molecule has 0 bridgehead atoms. The Morgan fingerprint density at radius 2 is 1.96 bits per heavy atom. The number of amides is 1. The molecule has 3 rings (SSSR count). The summed E-state index contributed by atoms with van der Waals surface area (Å²) < 4.78 is 5.97. The number of carbonyl (C=O) groups is 1. The molecule has 0 radical (unpaired) electrons. The van der Waals surface area contributed by atoms with Crippen LogP contribution < -0.4 is 10.1 Å². The van der Waals surface area contributed by atoms with Gasteiger partial charge in [-0.25, -0.2) is 0 Å². The maximum atomic E-state index is 12.4. The molecule has 3 nitrogen and oxygen atoms in total. The van der Waals surface area contributed by atoms with E-state index in [1.54, 1.807) is 18.2 Å². The van der Waals surface area contributed by atoms with E-state index in [0.717, 1.165) is 16.9 Å². The first kappa shape index (κ1) is 18.5. The molecular weight excluding hydrogens is 366 g/mol. The summed E-state index contributed by atoms with van der Waals surface area (Å²) in [5, 5.41) is 5.40. The summed E-state index contributed by atoms with van der Waals surface area (Å²) in [7, 11) is 0. The van der Waals surface area contributed by atoms with Gasteiger partial charge in [0.25, 0.3) is 5.91 Å². The number of hydrogen-bond acceptors (Lipinski definition) is 3. The Morgan fingerprint density at radius 1 is 1.15 bits per heavy atom. The quantitative estimate of drug-likeness (QED) is 0.571. The highest BCUT2D eigenvalue weighted by atomic mass is 35.5. The van der Waals surface area contributed by atoms with Gasteiger partial charge in [0.15, 0.2) is 0 Å². The zero-order chi connectivity index (χ0) is 18.7. The van der Waals surface area contributed by atoms with Crippen molar-refractivity contribution in [2.45, 2.75) is 27.4 Å². The summed E-state index contributed by atoms with van der Waals surface area (Å²) in [5.41, 5.74) is 5.19. The van der Waals surface area contributed by atoms with Crippen molar-refractivity contribution in [3.05, 3.63) is 80.0 Å². The predicted molar refractivity (Wildman–Crippen MR) is 109 cm³/mol. The lowest BCUT2D eigenvalue weighted by Gasteiger charge is -2.11. The van der Waals surface area contributed by atoms with Gasteiger partial charge in [-0.05, 0) is 73.2 Å². The highest BCUT2D eigenvalue weighted by Gasteiger charge is 2.11. The minimum absolute atomic E-state index is 0.147. The molecule has 0 spiro atoms. The van der Waals surface area contributed by atoms with E-state index in [4.69, 9.17) is 16.3 Å². The Hall–Kier alpha value is -2.30. The molecule has 1 amide bonds. The number of ether oxygens (including phenoxy) is 1. The Balaban J connectivity index is 1.65. The summed E-state index contributed by atoms with van der Waals surface area (Å²) in [5.74, 6) is 0.740. The smallest absolute Gasteiger partial charge is 0.265 e. The van der Waals surface area contributed by atoms with E-state index < -0.39 is 0 Å². The van der Waals surface area contributed by atoms with Crippen LogP contribution in [-0.2, 0) is 6.61 Å². The number of thiophene rings is 1. The molecule has 3 aromatic rings. The first-order valence-electron chi connectivity index (χ1n) is 8.27. The minimum Gasteiger partial charge on any atom is -0.489 e. The van der Waals surface area contributed by atoms with Crippen LogP contribution in [0.3, 0.4) is 0 Å². The summed E-state index contributed by atoms with van der Waals surface area (Å²) in [6, 6.07) is 13.2. The van der Waals surface area contributed by atoms with Crippen LogP contribution in [0.5, 0.6) is 5.75 Å². The summed E-state index contributed by atoms with van der Waals surface area (Å²) in [4.78, 5) is 13.0. The fourth-order valence-corrected chi connectivity index (χ4v) is 3.62. The molecule has 1 N–H and O–H groups in total. The number of nitrogens with one attached hydrogen (secondary N) is 1. The van der Waals surface area contributed by atoms with Crippen LogP contribution in [0.25, 0.3) is 0 Å². The zero-order valence-electron chi connectivity index (χ0n) is 14.9. The average Bonchev–Trinajstić information content (AvgIpc) is 3.06. The molecule has 0 atom stereocenters. The first-order valence-corrected chi connectivity index (χ1v) is 9.53. The van der Waals surface area contributed by atoms with Crippen molar-refractivity contribution in [1.29, 1.82) is 0 Å². The van der Waals surface area contributed by atoms with Crippen LogP contribution in [0.1, 0.15) is 31.9 Å². The van der Waals surface area contributed by atoms with Gasteiger partial charge in [0.1, 0.15) is 12.4 Å².